The first-order valence-corrected chi connectivity index (χ1v) is 1.52. The third-order valence-corrected chi connectivity index (χ3v) is 0.224. The molecule has 0 aromatic rings. The maximum Gasteiger partial charge on any atom is 0.0428 e. The van der Waals surface area contributed by atoms with Crippen LogP contribution in [0.3, 0.4) is 0 Å². The molecular formula is C3H12Cl4O. The van der Waals surface area contributed by atoms with E-state index in [0.29, 0.717) is 6.61 Å². The Bertz CT molecular complexity index is 13.2. The van der Waals surface area contributed by atoms with Crippen LogP contribution < -0.4 is 0 Å². The minimum absolute atomic E-state index is 0. The molecule has 0 aromatic carbocycles. The van der Waals surface area contributed by atoms with Crippen LogP contribution in [0, 0.1) is 0 Å². The molecule has 0 rings (SSSR count). The zero-order chi connectivity index (χ0) is 3.41. The predicted molar refractivity (Wildman–Crippen MR) is 46.4 cm³/mol. The van der Waals surface area contributed by atoms with E-state index in [2.05, 4.69) is 0 Å². The molecular weight excluding hydrogens is 194 g/mol. The second-order valence-corrected chi connectivity index (χ2v) is 0.724. The van der Waals surface area contributed by atoms with Gasteiger partial charge in [0, 0.05) is 6.61 Å². The summed E-state index contributed by atoms with van der Waals surface area (Å²) >= 11 is 0. The molecule has 0 bridgehead atoms. The summed E-state index contributed by atoms with van der Waals surface area (Å²) in [4.78, 5) is 0. The third kappa shape index (κ3) is 59.3. The maximum atomic E-state index is 7.88. The molecule has 8 heavy (non-hydrogen) atoms. The Morgan fingerprint density at radius 2 is 1.12 bits per heavy atom. The highest BCUT2D eigenvalue weighted by Crippen LogP contribution is 1.61. The first-order valence-electron chi connectivity index (χ1n) is 1.52. The van der Waals surface area contributed by atoms with Crippen LogP contribution in [0.15, 0.2) is 0 Å². The molecule has 0 unspecified atom stereocenters. The SMILES string of the molecule is CCCO.Cl.Cl.Cl.Cl. The van der Waals surface area contributed by atoms with Gasteiger partial charge in [-0.25, -0.2) is 0 Å². The van der Waals surface area contributed by atoms with E-state index in [1.54, 1.807) is 0 Å². The number of rotatable bonds is 1. The summed E-state index contributed by atoms with van der Waals surface area (Å²) in [7, 11) is 0. The fourth-order valence-corrected chi connectivity index (χ4v) is 0. The van der Waals surface area contributed by atoms with Gasteiger partial charge >= 0.3 is 0 Å². The summed E-state index contributed by atoms with van der Waals surface area (Å²) in [5.74, 6) is 0. The van der Waals surface area contributed by atoms with Crippen molar-refractivity contribution in [3.63, 3.8) is 0 Å². The average Bonchev–Trinajstić information content (AvgIpc) is 1.37. The largest absolute Gasteiger partial charge is 0.396 e. The third-order valence-electron chi connectivity index (χ3n) is 0.224. The fourth-order valence-electron chi connectivity index (χ4n) is 0. The molecule has 1 N–H and O–H groups in total. The summed E-state index contributed by atoms with van der Waals surface area (Å²) < 4.78 is 0. The lowest BCUT2D eigenvalue weighted by Gasteiger charge is -1.69. The van der Waals surface area contributed by atoms with Crippen LogP contribution in [0.1, 0.15) is 13.3 Å². The van der Waals surface area contributed by atoms with Gasteiger partial charge in [-0.05, 0) is 6.42 Å². The minimum atomic E-state index is 0. The van der Waals surface area contributed by atoms with Crippen molar-refractivity contribution in [1.82, 2.24) is 0 Å². The van der Waals surface area contributed by atoms with Crippen LogP contribution in [-0.2, 0) is 0 Å². The van der Waals surface area contributed by atoms with Gasteiger partial charge in [0.15, 0.2) is 0 Å². The van der Waals surface area contributed by atoms with Crippen LogP contribution in [0.25, 0.3) is 0 Å². The topological polar surface area (TPSA) is 20.2 Å². The molecule has 0 amide bonds. The van der Waals surface area contributed by atoms with Gasteiger partial charge in [-0.15, -0.1) is 49.6 Å². The quantitative estimate of drug-likeness (QED) is 0.696. The number of halogens is 4. The number of aliphatic hydroxyl groups excluding tert-OH is 1. The molecule has 0 aliphatic rings. The molecule has 0 saturated carbocycles. The lowest BCUT2D eigenvalue weighted by molar-refractivity contribution is 0.295. The Morgan fingerprint density at radius 1 is 1.00 bits per heavy atom. The van der Waals surface area contributed by atoms with Gasteiger partial charge in [-0.3, -0.25) is 0 Å². The van der Waals surface area contributed by atoms with Gasteiger partial charge < -0.3 is 5.11 Å². The normalized spacial score (nSPS) is 3.75. The van der Waals surface area contributed by atoms with Crippen LogP contribution in [0.4, 0.5) is 0 Å². The van der Waals surface area contributed by atoms with Crippen molar-refractivity contribution in [2.45, 2.75) is 13.3 Å². The van der Waals surface area contributed by atoms with Crippen LogP contribution in [-0.4, -0.2) is 11.7 Å². The van der Waals surface area contributed by atoms with E-state index >= 15 is 0 Å². The lowest BCUT2D eigenvalue weighted by atomic mass is 10.5. The lowest BCUT2D eigenvalue weighted by Crippen LogP contribution is -1.69. The highest BCUT2D eigenvalue weighted by Gasteiger charge is 1.57. The van der Waals surface area contributed by atoms with Crippen molar-refractivity contribution >= 4 is 49.6 Å². The second-order valence-electron chi connectivity index (χ2n) is 0.724. The molecule has 0 aliphatic heterocycles. The Labute approximate surface area is 74.9 Å². The summed E-state index contributed by atoms with van der Waals surface area (Å²) in [5.41, 5.74) is 0. The maximum absolute atomic E-state index is 7.88. The molecule has 0 aliphatic carbocycles. The molecule has 5 heteroatoms. The van der Waals surface area contributed by atoms with Crippen LogP contribution in [0.5, 0.6) is 0 Å². The average molecular weight is 206 g/mol. The number of aliphatic hydroxyl groups is 1. The van der Waals surface area contributed by atoms with E-state index in [1.807, 2.05) is 6.92 Å². The van der Waals surface area contributed by atoms with Crippen molar-refractivity contribution in [3.8, 4) is 0 Å². The van der Waals surface area contributed by atoms with Gasteiger partial charge in [0.25, 0.3) is 0 Å². The number of hydrogen-bond donors (Lipinski definition) is 1. The Hall–Kier alpha value is 1.12. The summed E-state index contributed by atoms with van der Waals surface area (Å²) in [6.45, 7) is 2.25. The monoisotopic (exact) mass is 204 g/mol. The smallest absolute Gasteiger partial charge is 0.0428 e. The van der Waals surface area contributed by atoms with Crippen molar-refractivity contribution < 1.29 is 5.11 Å². The van der Waals surface area contributed by atoms with E-state index in [-0.39, 0.29) is 49.6 Å². The molecule has 0 spiro atoms. The van der Waals surface area contributed by atoms with E-state index in [1.165, 1.54) is 0 Å². The molecule has 0 aromatic heterocycles. The first kappa shape index (κ1) is 35.4. The van der Waals surface area contributed by atoms with Crippen LogP contribution >= 0.6 is 49.6 Å². The standard InChI is InChI=1S/C3H8O.4ClH/c1-2-3-4;;;;/h4H,2-3H2,1H3;4*1H. The Kier molecular flexibility index (Phi) is 187. The first-order chi connectivity index (χ1) is 1.91. The summed E-state index contributed by atoms with van der Waals surface area (Å²) in [5, 5.41) is 7.88. The highest BCUT2D eigenvalue weighted by molar-refractivity contribution is 5.86. The summed E-state index contributed by atoms with van der Waals surface area (Å²) in [6.07, 6.45) is 0.875. The van der Waals surface area contributed by atoms with Gasteiger partial charge in [-0.2, -0.15) is 0 Å². The summed E-state index contributed by atoms with van der Waals surface area (Å²) in [6, 6.07) is 0. The molecule has 58 valence electrons. The zero-order valence-electron chi connectivity index (χ0n) is 4.49. The molecule has 0 heterocycles. The molecule has 0 radical (unpaired) electrons. The van der Waals surface area contributed by atoms with E-state index in [4.69, 9.17) is 5.11 Å². The van der Waals surface area contributed by atoms with Crippen LogP contribution in [0.2, 0.25) is 0 Å². The van der Waals surface area contributed by atoms with Crippen molar-refractivity contribution in [3.05, 3.63) is 0 Å². The molecule has 1 nitrogen and oxygen atoms in total. The van der Waals surface area contributed by atoms with Crippen molar-refractivity contribution in [1.29, 1.82) is 0 Å². The van der Waals surface area contributed by atoms with E-state index in [9.17, 15) is 0 Å². The molecule has 0 saturated heterocycles. The van der Waals surface area contributed by atoms with Gasteiger partial charge in [0.05, 0.1) is 0 Å². The Balaban J connectivity index is -0.00000000750. The predicted octanol–water partition coefficient (Wildman–Crippen LogP) is 2.08. The van der Waals surface area contributed by atoms with Gasteiger partial charge in [0.1, 0.15) is 0 Å². The number of hydrogen-bond acceptors (Lipinski definition) is 1. The second kappa shape index (κ2) is 42.3. The Morgan fingerprint density at radius 3 is 1.12 bits per heavy atom. The van der Waals surface area contributed by atoms with Gasteiger partial charge in [0.2, 0.25) is 0 Å². The van der Waals surface area contributed by atoms with Gasteiger partial charge in [-0.1, -0.05) is 6.92 Å². The van der Waals surface area contributed by atoms with Crippen molar-refractivity contribution in [2.75, 3.05) is 6.61 Å². The highest BCUT2D eigenvalue weighted by atomic mass is 35.5. The molecule has 0 fully saturated rings. The zero-order valence-corrected chi connectivity index (χ0v) is 7.76. The fraction of sp³-hybridized carbons (Fsp3) is 1.00. The van der Waals surface area contributed by atoms with E-state index in [0.717, 1.165) is 6.42 Å². The van der Waals surface area contributed by atoms with Crippen molar-refractivity contribution in [2.24, 2.45) is 0 Å². The molecule has 0 atom stereocenters. The minimum Gasteiger partial charge on any atom is -0.396 e. The van der Waals surface area contributed by atoms with E-state index < -0.39 is 0 Å².